The third kappa shape index (κ3) is 6.44. The first-order chi connectivity index (χ1) is 15.8. The van der Waals surface area contributed by atoms with Gasteiger partial charge in [-0.1, -0.05) is 72.8 Å². The number of aliphatic hydroxyl groups excluding tert-OH is 1. The Balaban J connectivity index is 1.18. The Bertz CT molecular complexity index is 903. The zero-order valence-electron chi connectivity index (χ0n) is 18.8. The lowest BCUT2D eigenvalue weighted by Gasteiger charge is -2.30. The summed E-state index contributed by atoms with van der Waals surface area (Å²) in [7, 11) is 0. The van der Waals surface area contributed by atoms with Gasteiger partial charge in [-0.15, -0.1) is 0 Å². The van der Waals surface area contributed by atoms with E-state index in [4.69, 9.17) is 4.74 Å². The average molecular weight is 430 g/mol. The maximum atomic E-state index is 9.75. The summed E-state index contributed by atoms with van der Waals surface area (Å²) >= 11 is 0. The minimum atomic E-state index is 0.212. The van der Waals surface area contributed by atoms with Gasteiger partial charge in [0.25, 0.3) is 0 Å². The topological polar surface area (TPSA) is 41.5 Å². The van der Waals surface area contributed by atoms with Gasteiger partial charge >= 0.3 is 0 Å². The highest BCUT2D eigenvalue weighted by atomic mass is 16.5. The van der Waals surface area contributed by atoms with Crippen LogP contribution in [-0.2, 0) is 6.61 Å². The van der Waals surface area contributed by atoms with Crippen LogP contribution in [-0.4, -0.2) is 24.3 Å². The maximum Gasteiger partial charge on any atom is 0.119 e. The second kappa shape index (κ2) is 11.8. The lowest BCUT2D eigenvalue weighted by atomic mass is 9.81. The Hall–Kier alpha value is -2.62. The zero-order chi connectivity index (χ0) is 22.0. The molecule has 0 aliphatic heterocycles. The monoisotopic (exact) mass is 429 g/mol. The van der Waals surface area contributed by atoms with Gasteiger partial charge in [0.05, 0.1) is 0 Å². The van der Waals surface area contributed by atoms with E-state index < -0.39 is 0 Å². The molecule has 3 nitrogen and oxygen atoms in total. The Labute approximate surface area is 192 Å². The molecular formula is C29H35NO2. The molecule has 3 heteroatoms. The normalized spacial score (nSPS) is 19.4. The van der Waals surface area contributed by atoms with Crippen LogP contribution in [0.5, 0.6) is 5.75 Å². The minimum Gasteiger partial charge on any atom is -0.489 e. The third-order valence-corrected chi connectivity index (χ3v) is 6.74. The number of rotatable bonds is 10. The van der Waals surface area contributed by atoms with E-state index in [1.807, 2.05) is 24.3 Å². The molecule has 0 aromatic heterocycles. The SMILES string of the molecule is OC[C@@H](CCNC1CCC(c2ccc(OCc3ccccc3)cc2)CC1)c1ccccc1. The van der Waals surface area contributed by atoms with Crippen molar-refractivity contribution in [2.24, 2.45) is 0 Å². The van der Waals surface area contributed by atoms with Crippen molar-refractivity contribution in [2.45, 2.75) is 56.6 Å². The Morgan fingerprint density at radius 3 is 2.12 bits per heavy atom. The summed E-state index contributed by atoms with van der Waals surface area (Å²) in [4.78, 5) is 0. The van der Waals surface area contributed by atoms with E-state index in [1.54, 1.807) is 0 Å². The molecule has 0 amide bonds. The molecule has 1 aliphatic carbocycles. The standard InChI is InChI=1S/C29H35NO2/c31-21-27(24-9-5-2-6-10-24)19-20-30-28-15-11-25(12-16-28)26-13-17-29(18-14-26)32-22-23-7-3-1-4-8-23/h1-10,13-14,17-18,25,27-28,30-31H,11-12,15-16,19-22H2/t25?,27-,28?/m1/s1. The molecule has 0 heterocycles. The van der Waals surface area contributed by atoms with Gasteiger partial charge in [0.15, 0.2) is 0 Å². The van der Waals surface area contributed by atoms with Gasteiger partial charge in [0, 0.05) is 18.6 Å². The molecule has 1 fully saturated rings. The van der Waals surface area contributed by atoms with Crippen molar-refractivity contribution in [3.05, 3.63) is 102 Å². The largest absolute Gasteiger partial charge is 0.489 e. The van der Waals surface area contributed by atoms with Gasteiger partial charge in [-0.05, 0) is 73.4 Å². The first-order valence-corrected chi connectivity index (χ1v) is 12.0. The van der Waals surface area contributed by atoms with Gasteiger partial charge in [-0.25, -0.2) is 0 Å². The third-order valence-electron chi connectivity index (χ3n) is 6.74. The summed E-state index contributed by atoms with van der Waals surface area (Å²) in [5.74, 6) is 1.80. The predicted molar refractivity (Wildman–Crippen MR) is 131 cm³/mol. The molecule has 0 spiro atoms. The fourth-order valence-corrected chi connectivity index (χ4v) is 4.76. The van der Waals surface area contributed by atoms with Gasteiger partial charge < -0.3 is 15.2 Å². The van der Waals surface area contributed by atoms with Crippen LogP contribution in [0.3, 0.4) is 0 Å². The molecule has 2 N–H and O–H groups in total. The van der Waals surface area contributed by atoms with Crippen molar-refractivity contribution in [2.75, 3.05) is 13.2 Å². The first-order valence-electron chi connectivity index (χ1n) is 12.0. The summed E-state index contributed by atoms with van der Waals surface area (Å²) < 4.78 is 5.93. The summed E-state index contributed by atoms with van der Waals surface area (Å²) in [6, 6.07) is 29.9. The molecule has 0 radical (unpaired) electrons. The second-order valence-corrected chi connectivity index (χ2v) is 8.92. The molecule has 3 aromatic carbocycles. The summed E-state index contributed by atoms with van der Waals surface area (Å²) in [5, 5.41) is 13.5. The molecule has 32 heavy (non-hydrogen) atoms. The molecule has 1 saturated carbocycles. The van der Waals surface area contributed by atoms with Gasteiger partial charge in [-0.2, -0.15) is 0 Å². The molecule has 168 valence electrons. The van der Waals surface area contributed by atoms with Gasteiger partial charge in [0.2, 0.25) is 0 Å². The van der Waals surface area contributed by atoms with Crippen molar-refractivity contribution in [3.63, 3.8) is 0 Å². The fourth-order valence-electron chi connectivity index (χ4n) is 4.76. The first kappa shape index (κ1) is 22.6. The van der Waals surface area contributed by atoms with Crippen LogP contribution < -0.4 is 10.1 Å². The van der Waals surface area contributed by atoms with Crippen molar-refractivity contribution in [1.82, 2.24) is 5.32 Å². The molecule has 1 aliphatic rings. The number of benzene rings is 3. The summed E-state index contributed by atoms with van der Waals surface area (Å²) in [5.41, 5.74) is 3.85. The Morgan fingerprint density at radius 1 is 0.812 bits per heavy atom. The second-order valence-electron chi connectivity index (χ2n) is 8.92. The molecule has 4 rings (SSSR count). The lowest BCUT2D eigenvalue weighted by Crippen LogP contribution is -2.34. The number of ether oxygens (including phenoxy) is 1. The van der Waals surface area contributed by atoms with Crippen LogP contribution in [0.2, 0.25) is 0 Å². The van der Waals surface area contributed by atoms with Gasteiger partial charge in [0.1, 0.15) is 12.4 Å². The van der Waals surface area contributed by atoms with Crippen molar-refractivity contribution in [1.29, 1.82) is 0 Å². The van der Waals surface area contributed by atoms with Crippen molar-refractivity contribution in [3.8, 4) is 5.75 Å². The lowest BCUT2D eigenvalue weighted by molar-refractivity contribution is 0.254. The number of nitrogens with one attached hydrogen (secondary N) is 1. The van der Waals surface area contributed by atoms with E-state index in [2.05, 4.69) is 66.0 Å². The van der Waals surface area contributed by atoms with E-state index in [0.29, 0.717) is 18.6 Å². The van der Waals surface area contributed by atoms with Crippen LogP contribution in [0.25, 0.3) is 0 Å². The van der Waals surface area contributed by atoms with E-state index in [1.165, 1.54) is 42.4 Å². The van der Waals surface area contributed by atoms with Gasteiger partial charge in [-0.3, -0.25) is 0 Å². The van der Waals surface area contributed by atoms with Crippen LogP contribution in [0.4, 0.5) is 0 Å². The van der Waals surface area contributed by atoms with E-state index in [-0.39, 0.29) is 12.5 Å². The minimum absolute atomic E-state index is 0.212. The molecule has 0 unspecified atom stereocenters. The number of hydrogen-bond acceptors (Lipinski definition) is 3. The Kier molecular flexibility index (Phi) is 8.35. The molecule has 3 aromatic rings. The smallest absolute Gasteiger partial charge is 0.119 e. The van der Waals surface area contributed by atoms with Crippen LogP contribution in [0.15, 0.2) is 84.9 Å². The maximum absolute atomic E-state index is 9.75. The van der Waals surface area contributed by atoms with Crippen molar-refractivity contribution < 1.29 is 9.84 Å². The van der Waals surface area contributed by atoms with E-state index in [9.17, 15) is 5.11 Å². The number of hydrogen-bond donors (Lipinski definition) is 2. The zero-order valence-corrected chi connectivity index (χ0v) is 18.8. The highest BCUT2D eigenvalue weighted by Crippen LogP contribution is 2.34. The summed E-state index contributed by atoms with van der Waals surface area (Å²) in [6.07, 6.45) is 5.86. The Morgan fingerprint density at radius 2 is 1.47 bits per heavy atom. The molecule has 0 saturated heterocycles. The molecule has 0 bridgehead atoms. The van der Waals surface area contributed by atoms with Crippen LogP contribution in [0.1, 0.15) is 60.6 Å². The molecular weight excluding hydrogens is 394 g/mol. The van der Waals surface area contributed by atoms with E-state index in [0.717, 1.165) is 18.7 Å². The molecule has 1 atom stereocenters. The summed E-state index contributed by atoms with van der Waals surface area (Å²) in [6.45, 7) is 1.78. The average Bonchev–Trinajstić information content (AvgIpc) is 2.87. The van der Waals surface area contributed by atoms with Crippen LogP contribution >= 0.6 is 0 Å². The van der Waals surface area contributed by atoms with Crippen LogP contribution in [0, 0.1) is 0 Å². The fraction of sp³-hybridized carbons (Fsp3) is 0.379. The highest BCUT2D eigenvalue weighted by molar-refractivity contribution is 5.30. The van der Waals surface area contributed by atoms with E-state index >= 15 is 0 Å². The van der Waals surface area contributed by atoms with Crippen molar-refractivity contribution >= 4 is 0 Å². The predicted octanol–water partition coefficient (Wildman–Crippen LogP) is 6.05. The highest BCUT2D eigenvalue weighted by Gasteiger charge is 2.22. The number of aliphatic hydroxyl groups is 1. The quantitative estimate of drug-likeness (QED) is 0.412.